The van der Waals surface area contributed by atoms with Crippen LogP contribution in [0.25, 0.3) is 0 Å². The topological polar surface area (TPSA) is 81.9 Å². The van der Waals surface area contributed by atoms with Crippen LogP contribution in [-0.2, 0) is 19.1 Å². The van der Waals surface area contributed by atoms with Crippen molar-refractivity contribution in [2.75, 3.05) is 32.8 Å². The number of carbonyl (C=O) groups is 2. The molecule has 0 aromatic rings. The second-order valence-electron chi connectivity index (χ2n) is 17.8. The number of hydrogen-bond acceptors (Lipinski definition) is 5. The molecule has 6 aliphatic rings. The molecule has 10 atom stereocenters. The summed E-state index contributed by atoms with van der Waals surface area (Å²) in [6, 6.07) is 0. The molecule has 1 amide bonds. The minimum atomic E-state index is -0.443. The van der Waals surface area contributed by atoms with Gasteiger partial charge in [-0.3, -0.25) is 14.5 Å². The molecule has 0 aromatic heterocycles. The fourth-order valence-electron chi connectivity index (χ4n) is 13.2. The molecule has 6 nitrogen and oxygen atoms in total. The van der Waals surface area contributed by atoms with E-state index in [0.29, 0.717) is 34.0 Å². The van der Waals surface area contributed by atoms with Crippen LogP contribution in [0.5, 0.6) is 0 Å². The molecule has 6 fully saturated rings. The average Bonchev–Trinajstić information content (AvgIpc) is 3.32. The van der Waals surface area contributed by atoms with Crippen molar-refractivity contribution < 1.29 is 19.1 Å². The van der Waals surface area contributed by atoms with E-state index in [2.05, 4.69) is 46.4 Å². The summed E-state index contributed by atoms with van der Waals surface area (Å²) in [6.45, 7) is 25.0. The number of nitrogens with two attached hydrogens (primary N) is 1. The van der Waals surface area contributed by atoms with Gasteiger partial charge in [-0.15, -0.1) is 0 Å². The zero-order valence-electron chi connectivity index (χ0n) is 28.8. The van der Waals surface area contributed by atoms with Gasteiger partial charge >= 0.3 is 5.97 Å². The summed E-state index contributed by atoms with van der Waals surface area (Å²) in [6.07, 6.45) is 12.7. The molecular weight excluding hydrogens is 548 g/mol. The Balaban J connectivity index is 1.23. The molecule has 6 rings (SSSR count). The van der Waals surface area contributed by atoms with Gasteiger partial charge in [-0.1, -0.05) is 53.7 Å². The number of carbonyl (C=O) groups excluding carboxylic acids is 2. The van der Waals surface area contributed by atoms with Gasteiger partial charge in [0.05, 0.1) is 19.6 Å². The molecule has 248 valence electrons. The van der Waals surface area contributed by atoms with E-state index < -0.39 is 5.91 Å². The molecule has 5 aliphatic carbocycles. The first-order valence-corrected chi connectivity index (χ1v) is 18.1. The number of fused-ring (bicyclic) bond motifs is 7. The summed E-state index contributed by atoms with van der Waals surface area (Å²) in [4.78, 5) is 26.5. The number of rotatable bonds is 7. The monoisotopic (exact) mass is 610 g/mol. The summed E-state index contributed by atoms with van der Waals surface area (Å²) in [5.41, 5.74) is 8.07. The summed E-state index contributed by atoms with van der Waals surface area (Å²) in [7, 11) is 0. The van der Waals surface area contributed by atoms with Gasteiger partial charge in [0.25, 0.3) is 0 Å². The maximum atomic E-state index is 12.7. The zero-order chi connectivity index (χ0) is 31.7. The van der Waals surface area contributed by atoms with Crippen LogP contribution in [0.4, 0.5) is 0 Å². The number of ether oxygens (including phenoxy) is 2. The number of primary amides is 1. The van der Waals surface area contributed by atoms with Crippen LogP contribution < -0.4 is 5.73 Å². The highest BCUT2D eigenvalue weighted by Crippen LogP contribution is 2.77. The first kappa shape index (κ1) is 32.5. The predicted octanol–water partition coefficient (Wildman–Crippen LogP) is 7.15. The molecule has 5 saturated carbocycles. The summed E-state index contributed by atoms with van der Waals surface area (Å²) in [5.74, 6) is 2.68. The SMILES string of the molecule is C=C(CN1CCOCC1)[C@@H]1CC[C@]2(C)CC[C@]3(C)[C@H](CC[C@@H]4[C@@]5(C)CC[C@H](OC(=O)CCC(N)=O)C(C)(C)[C@@H]5CC[C@]43C)[C@@H]12. The van der Waals surface area contributed by atoms with Crippen LogP contribution >= 0.6 is 0 Å². The van der Waals surface area contributed by atoms with Gasteiger partial charge in [0.15, 0.2) is 0 Å². The third-order valence-corrected chi connectivity index (χ3v) is 15.7. The largest absolute Gasteiger partial charge is 0.462 e. The van der Waals surface area contributed by atoms with E-state index >= 15 is 0 Å². The molecule has 1 heterocycles. The van der Waals surface area contributed by atoms with E-state index in [-0.39, 0.29) is 35.7 Å². The summed E-state index contributed by atoms with van der Waals surface area (Å²) >= 11 is 0. The third-order valence-electron chi connectivity index (χ3n) is 15.7. The Morgan fingerprint density at radius 2 is 1.57 bits per heavy atom. The van der Waals surface area contributed by atoms with Gasteiger partial charge in [-0.05, 0) is 115 Å². The predicted molar refractivity (Wildman–Crippen MR) is 175 cm³/mol. The van der Waals surface area contributed by atoms with Crippen molar-refractivity contribution in [2.45, 2.75) is 125 Å². The highest BCUT2D eigenvalue weighted by Gasteiger charge is 2.70. The lowest BCUT2D eigenvalue weighted by atomic mass is 9.32. The number of amides is 1. The highest BCUT2D eigenvalue weighted by molar-refractivity contribution is 5.80. The Bertz CT molecular complexity index is 1150. The van der Waals surface area contributed by atoms with E-state index in [1.807, 2.05) is 0 Å². The molecule has 1 saturated heterocycles. The molecule has 0 unspecified atom stereocenters. The number of esters is 1. The third kappa shape index (κ3) is 5.02. The minimum absolute atomic E-state index is 0.0642. The smallest absolute Gasteiger partial charge is 0.306 e. The second-order valence-corrected chi connectivity index (χ2v) is 17.8. The number of hydrogen-bond donors (Lipinski definition) is 1. The van der Waals surface area contributed by atoms with Gasteiger partial charge in [-0.2, -0.15) is 0 Å². The first-order valence-electron chi connectivity index (χ1n) is 18.1. The van der Waals surface area contributed by atoms with Gasteiger partial charge in [0, 0.05) is 31.5 Å². The Morgan fingerprint density at radius 1 is 0.841 bits per heavy atom. The summed E-state index contributed by atoms with van der Waals surface area (Å²) < 4.78 is 11.7. The maximum Gasteiger partial charge on any atom is 0.306 e. The molecular formula is C38H62N2O4. The lowest BCUT2D eigenvalue weighted by molar-refractivity contribution is -0.249. The van der Waals surface area contributed by atoms with E-state index in [4.69, 9.17) is 21.8 Å². The van der Waals surface area contributed by atoms with Crippen molar-refractivity contribution in [3.63, 3.8) is 0 Å². The Morgan fingerprint density at radius 3 is 2.27 bits per heavy atom. The Kier molecular flexibility index (Phi) is 8.42. The lowest BCUT2D eigenvalue weighted by Crippen LogP contribution is -2.66. The van der Waals surface area contributed by atoms with Crippen molar-refractivity contribution in [2.24, 2.45) is 62.4 Å². The summed E-state index contributed by atoms with van der Waals surface area (Å²) in [5, 5.41) is 0. The molecule has 0 spiro atoms. The molecule has 44 heavy (non-hydrogen) atoms. The zero-order valence-corrected chi connectivity index (χ0v) is 28.8. The Labute approximate surface area is 267 Å². The van der Waals surface area contributed by atoms with Crippen LogP contribution in [-0.4, -0.2) is 55.7 Å². The van der Waals surface area contributed by atoms with Gasteiger partial charge in [-0.25, -0.2) is 0 Å². The van der Waals surface area contributed by atoms with Crippen LogP contribution in [0, 0.1) is 56.7 Å². The van der Waals surface area contributed by atoms with E-state index in [0.717, 1.165) is 57.5 Å². The van der Waals surface area contributed by atoms with Crippen molar-refractivity contribution in [3.05, 3.63) is 12.2 Å². The first-order chi connectivity index (χ1) is 20.7. The normalized spacial score (nSPS) is 46.6. The van der Waals surface area contributed by atoms with Crippen molar-refractivity contribution in [1.29, 1.82) is 0 Å². The van der Waals surface area contributed by atoms with Gasteiger partial charge in [0.1, 0.15) is 6.10 Å². The number of morpholine rings is 1. The van der Waals surface area contributed by atoms with E-state index in [1.165, 1.54) is 56.9 Å². The Hall–Kier alpha value is -1.40. The maximum absolute atomic E-state index is 12.7. The van der Waals surface area contributed by atoms with Gasteiger partial charge in [0.2, 0.25) is 5.91 Å². The molecule has 2 N–H and O–H groups in total. The fourth-order valence-corrected chi connectivity index (χ4v) is 13.2. The van der Waals surface area contributed by atoms with Crippen LogP contribution in [0.3, 0.4) is 0 Å². The van der Waals surface area contributed by atoms with E-state index in [9.17, 15) is 9.59 Å². The lowest BCUT2D eigenvalue weighted by Gasteiger charge is -2.73. The van der Waals surface area contributed by atoms with Crippen molar-refractivity contribution in [3.8, 4) is 0 Å². The standard InChI is InChI=1S/C38H62N2O4/c1-25(24-40-20-22-43-23-21-40)26-12-15-35(4)18-19-37(6)27(33(26)35)8-9-29-36(5)16-14-30(44-32(42)11-10-31(39)41)34(2,3)28(36)13-17-38(29,37)7/h26-30,33H,1,8-24H2,2-7H3,(H2,39,41)/t26-,27+,28-,29+,30-,33+,35+,36-,37+,38+/m0/s1. The molecule has 0 bridgehead atoms. The number of nitrogens with zero attached hydrogens (tertiary/aromatic N) is 1. The van der Waals surface area contributed by atoms with Crippen LogP contribution in [0.2, 0.25) is 0 Å². The fraction of sp³-hybridized carbons (Fsp3) is 0.895. The van der Waals surface area contributed by atoms with Gasteiger partial charge < -0.3 is 15.2 Å². The van der Waals surface area contributed by atoms with Crippen molar-refractivity contribution in [1.82, 2.24) is 4.90 Å². The van der Waals surface area contributed by atoms with E-state index in [1.54, 1.807) is 0 Å². The highest BCUT2D eigenvalue weighted by atomic mass is 16.5. The molecule has 0 aromatic carbocycles. The van der Waals surface area contributed by atoms with Crippen molar-refractivity contribution >= 4 is 11.9 Å². The molecule has 1 aliphatic heterocycles. The minimum Gasteiger partial charge on any atom is -0.462 e. The molecule has 6 heteroatoms. The quantitative estimate of drug-likeness (QED) is 0.245. The second kappa shape index (κ2) is 11.4. The average molecular weight is 611 g/mol. The van der Waals surface area contributed by atoms with Crippen LogP contribution in [0.15, 0.2) is 12.2 Å². The van der Waals surface area contributed by atoms with Crippen LogP contribution in [0.1, 0.15) is 119 Å². The molecule has 0 radical (unpaired) electrons.